The molecule has 0 saturated heterocycles. The first-order valence-electron chi connectivity index (χ1n) is 11.5. The highest BCUT2D eigenvalue weighted by atomic mass is 35.5. The van der Waals surface area contributed by atoms with Crippen molar-refractivity contribution in [1.29, 1.82) is 0 Å². The Hall–Kier alpha value is -3.46. The highest BCUT2D eigenvalue weighted by molar-refractivity contribution is 6.30. The molecule has 0 spiro atoms. The summed E-state index contributed by atoms with van der Waals surface area (Å²) < 4.78 is 6.93. The molecule has 9 nitrogen and oxygen atoms in total. The zero-order chi connectivity index (χ0) is 25.6. The van der Waals surface area contributed by atoms with E-state index in [2.05, 4.69) is 15.6 Å². The number of fused-ring (bicyclic) bond motifs is 1. The van der Waals surface area contributed by atoms with E-state index in [4.69, 9.17) is 16.3 Å². The molecule has 1 amide bonds. The van der Waals surface area contributed by atoms with E-state index in [9.17, 15) is 14.5 Å². The fourth-order valence-corrected chi connectivity index (χ4v) is 3.78. The number of nitrogens with zero attached hydrogens (tertiary/aromatic N) is 4. The number of anilines is 1. The van der Waals surface area contributed by atoms with Crippen molar-refractivity contribution in [2.75, 3.05) is 18.1 Å². The lowest BCUT2D eigenvalue weighted by Crippen LogP contribution is -2.36. The summed E-state index contributed by atoms with van der Waals surface area (Å²) in [5, 5.41) is 7.43. The molecule has 0 aliphatic rings. The lowest BCUT2D eigenvalue weighted by Gasteiger charge is -2.20. The van der Waals surface area contributed by atoms with Crippen LogP contribution in [-0.4, -0.2) is 40.0 Å². The van der Waals surface area contributed by atoms with Crippen LogP contribution >= 0.6 is 11.6 Å². The average Bonchev–Trinajstić information content (AvgIpc) is 3.17. The summed E-state index contributed by atoms with van der Waals surface area (Å²) in [4.78, 5) is 40.7. The fraction of sp³-hybridized carbons (Fsp3) is 0.400. The van der Waals surface area contributed by atoms with Crippen LogP contribution in [0.1, 0.15) is 55.9 Å². The Balaban J connectivity index is 1.59. The van der Waals surface area contributed by atoms with Crippen molar-refractivity contribution in [3.63, 3.8) is 0 Å². The van der Waals surface area contributed by atoms with Crippen LogP contribution in [0.2, 0.25) is 5.02 Å². The first-order chi connectivity index (χ1) is 16.6. The van der Waals surface area contributed by atoms with Crippen molar-refractivity contribution in [3.8, 4) is 0 Å². The quantitative estimate of drug-likeness (QED) is 0.228. The van der Waals surface area contributed by atoms with E-state index in [0.29, 0.717) is 41.3 Å². The summed E-state index contributed by atoms with van der Waals surface area (Å²) in [6.07, 6.45) is 2.64. The first kappa shape index (κ1) is 26.2. The van der Waals surface area contributed by atoms with E-state index in [1.165, 1.54) is 5.01 Å². The Morgan fingerprint density at radius 2 is 1.89 bits per heavy atom. The van der Waals surface area contributed by atoms with Gasteiger partial charge in [-0.3, -0.25) is 9.20 Å². The van der Waals surface area contributed by atoms with Gasteiger partial charge in [-0.15, -0.1) is 4.91 Å². The number of rotatable bonds is 10. The molecule has 186 valence electrons. The van der Waals surface area contributed by atoms with Gasteiger partial charge in [0, 0.05) is 19.2 Å². The fourth-order valence-electron chi connectivity index (χ4n) is 3.62. The van der Waals surface area contributed by atoms with E-state index in [1.54, 1.807) is 55.6 Å². The summed E-state index contributed by atoms with van der Waals surface area (Å²) in [7, 11) is 0. The highest BCUT2D eigenvalue weighted by Crippen LogP contribution is 2.21. The van der Waals surface area contributed by atoms with Crippen molar-refractivity contribution >= 4 is 34.8 Å². The lowest BCUT2D eigenvalue weighted by atomic mass is 10.0. The lowest BCUT2D eigenvalue weighted by molar-refractivity contribution is 0.0529. The van der Waals surface area contributed by atoms with Gasteiger partial charge in [0.2, 0.25) is 0 Å². The number of carbonyl (C=O) groups excluding carboxylic acids is 2. The van der Waals surface area contributed by atoms with Gasteiger partial charge in [-0.1, -0.05) is 30.7 Å². The summed E-state index contributed by atoms with van der Waals surface area (Å²) in [6, 6.07) is 10.8. The van der Waals surface area contributed by atoms with Crippen LogP contribution in [0.15, 0.2) is 47.9 Å². The number of aromatic nitrogens is 2. The van der Waals surface area contributed by atoms with E-state index in [0.717, 1.165) is 11.3 Å². The third kappa shape index (κ3) is 7.02. The summed E-state index contributed by atoms with van der Waals surface area (Å²) in [5.74, 6) is -0.00917. The second-order valence-corrected chi connectivity index (χ2v) is 9.50. The Morgan fingerprint density at radius 1 is 1.17 bits per heavy atom. The number of carbonyl (C=O) groups is 2. The monoisotopic (exact) mass is 499 g/mol. The summed E-state index contributed by atoms with van der Waals surface area (Å²) in [5.41, 5.74) is 2.95. The molecule has 3 rings (SSSR count). The number of hydrogen-bond acceptors (Lipinski definition) is 6. The Morgan fingerprint density at radius 3 is 2.51 bits per heavy atom. The van der Waals surface area contributed by atoms with Crippen molar-refractivity contribution in [3.05, 3.63) is 69.5 Å². The maximum Gasteiger partial charge on any atom is 0.407 e. The third-order valence-electron chi connectivity index (χ3n) is 5.22. The maximum absolute atomic E-state index is 13.1. The van der Waals surface area contributed by atoms with Crippen LogP contribution in [0.4, 0.5) is 10.5 Å². The van der Waals surface area contributed by atoms with Crippen LogP contribution in [0.25, 0.3) is 5.65 Å². The minimum Gasteiger partial charge on any atom is -0.444 e. The number of imidazole rings is 1. The van der Waals surface area contributed by atoms with Crippen LogP contribution in [0, 0.1) is 4.91 Å². The van der Waals surface area contributed by atoms with Gasteiger partial charge in [-0.05, 0) is 63.4 Å². The molecule has 2 heterocycles. The number of amides is 1. The number of nitroso groups, excluding NO2 is 1. The normalized spacial score (nSPS) is 11.3. The Labute approximate surface area is 209 Å². The zero-order valence-electron chi connectivity index (χ0n) is 20.4. The third-order valence-corrected chi connectivity index (χ3v) is 5.44. The number of ether oxygens (including phenoxy) is 1. The molecule has 2 aromatic heterocycles. The molecule has 0 bridgehead atoms. The number of Topliss-reactive ketones (excluding diaryl/α,β-unsaturated/α-hetero) is 1. The van der Waals surface area contributed by atoms with Gasteiger partial charge in [-0.25, -0.2) is 14.8 Å². The van der Waals surface area contributed by atoms with Gasteiger partial charge in [0.25, 0.3) is 0 Å². The summed E-state index contributed by atoms with van der Waals surface area (Å²) in [6.45, 7) is 7.68. The predicted molar refractivity (Wildman–Crippen MR) is 136 cm³/mol. The van der Waals surface area contributed by atoms with Crippen molar-refractivity contribution < 1.29 is 14.3 Å². The molecule has 0 radical (unpaired) electrons. The summed E-state index contributed by atoms with van der Waals surface area (Å²) >= 11 is 6.12. The molecule has 0 unspecified atom stereocenters. The van der Waals surface area contributed by atoms with Gasteiger partial charge in [0.1, 0.15) is 16.9 Å². The van der Waals surface area contributed by atoms with Crippen LogP contribution < -0.4 is 10.3 Å². The maximum atomic E-state index is 13.1. The number of nitrogens with one attached hydrogen (secondary N) is 1. The number of pyridine rings is 1. The second-order valence-electron chi connectivity index (χ2n) is 9.06. The molecule has 1 N–H and O–H groups in total. The van der Waals surface area contributed by atoms with Crippen LogP contribution in [0.5, 0.6) is 0 Å². The molecule has 0 aliphatic carbocycles. The topological polar surface area (TPSA) is 105 Å². The van der Waals surface area contributed by atoms with Crippen molar-refractivity contribution in [2.45, 2.75) is 52.6 Å². The molecular weight excluding hydrogens is 470 g/mol. The van der Waals surface area contributed by atoms with Crippen molar-refractivity contribution in [2.24, 2.45) is 5.29 Å². The number of hydrogen-bond donors (Lipinski definition) is 1. The molecule has 35 heavy (non-hydrogen) atoms. The number of alkyl carbamates (subject to hydrolysis) is 1. The minimum atomic E-state index is -0.597. The van der Waals surface area contributed by atoms with Gasteiger partial charge in [0.15, 0.2) is 5.78 Å². The van der Waals surface area contributed by atoms with Gasteiger partial charge >= 0.3 is 6.09 Å². The van der Waals surface area contributed by atoms with E-state index in [1.807, 2.05) is 19.1 Å². The first-order valence-corrected chi connectivity index (χ1v) is 11.9. The molecule has 1 aromatic carbocycles. The van der Waals surface area contributed by atoms with E-state index >= 15 is 0 Å². The molecule has 3 aromatic rings. The van der Waals surface area contributed by atoms with E-state index in [-0.39, 0.29) is 18.9 Å². The van der Waals surface area contributed by atoms with Gasteiger partial charge in [-0.2, -0.15) is 0 Å². The standard InChI is InChI=1S/C25H30ClN5O4/c1-5-20-23(30-16-18(26)9-13-22(30)28-20)21(32)12-8-17-6-10-19(11-7-17)31(29-34)15-14-27-24(33)35-25(2,3)4/h6-7,9-11,13,16H,5,8,12,14-15H2,1-4H3,(H,27,33). The molecule has 0 aliphatic heterocycles. The van der Waals surface area contributed by atoms with E-state index < -0.39 is 11.7 Å². The second kappa shape index (κ2) is 11.3. The number of ketones is 1. The minimum absolute atomic E-state index is 0.00917. The van der Waals surface area contributed by atoms with Crippen LogP contribution in [-0.2, 0) is 17.6 Å². The number of halogens is 1. The number of benzene rings is 1. The Kier molecular flexibility index (Phi) is 8.45. The average molecular weight is 500 g/mol. The SMILES string of the molecule is CCc1nc2ccc(Cl)cn2c1C(=O)CCc1ccc(N(CCNC(=O)OC(C)(C)C)N=O)cc1. The Bertz CT molecular complexity index is 1200. The predicted octanol–water partition coefficient (Wildman–Crippen LogP) is 5.38. The molecule has 10 heteroatoms. The molecule has 0 atom stereocenters. The zero-order valence-corrected chi connectivity index (χ0v) is 21.1. The number of aryl methyl sites for hydroxylation is 2. The van der Waals surface area contributed by atoms with Gasteiger partial charge < -0.3 is 10.1 Å². The highest BCUT2D eigenvalue weighted by Gasteiger charge is 2.19. The largest absolute Gasteiger partial charge is 0.444 e. The smallest absolute Gasteiger partial charge is 0.407 e. The molecular formula is C25H30ClN5O4. The molecule has 0 fully saturated rings. The van der Waals surface area contributed by atoms with Crippen molar-refractivity contribution in [1.82, 2.24) is 14.7 Å². The van der Waals surface area contributed by atoms with Crippen LogP contribution in [0.3, 0.4) is 0 Å². The van der Waals surface area contributed by atoms with Gasteiger partial charge in [0.05, 0.1) is 28.2 Å². The molecule has 0 saturated carbocycles.